The number of alkyl halides is 1. The van der Waals surface area contributed by atoms with Crippen molar-refractivity contribution in [1.29, 1.82) is 0 Å². The van der Waals surface area contributed by atoms with Crippen LogP contribution in [0.4, 0.5) is 0 Å². The predicted molar refractivity (Wildman–Crippen MR) is 79.1 cm³/mol. The molecule has 1 nitrogen and oxygen atoms in total. The summed E-state index contributed by atoms with van der Waals surface area (Å²) in [5, 5.41) is 0.0448. The highest BCUT2D eigenvalue weighted by Gasteiger charge is 2.13. The fourth-order valence-corrected chi connectivity index (χ4v) is 3.50. The monoisotopic (exact) mass is 280 g/mol. The Kier molecular flexibility index (Phi) is 4.31. The molecule has 18 heavy (non-hydrogen) atoms. The molecule has 3 heteroatoms. The first-order valence-corrected chi connectivity index (χ1v) is 7.19. The van der Waals surface area contributed by atoms with E-state index in [1.165, 1.54) is 20.9 Å². The third-order valence-electron chi connectivity index (χ3n) is 2.99. The third-order valence-corrected chi connectivity index (χ3v) is 4.36. The lowest BCUT2D eigenvalue weighted by molar-refractivity contribution is 0.414. The number of rotatable bonds is 4. The summed E-state index contributed by atoms with van der Waals surface area (Å²) < 4.78 is 5.15. The van der Waals surface area contributed by atoms with E-state index in [2.05, 4.69) is 32.0 Å². The second-order valence-electron chi connectivity index (χ2n) is 4.39. The smallest absolute Gasteiger partial charge is 0.118 e. The Morgan fingerprint density at radius 3 is 2.39 bits per heavy atom. The number of ether oxygens (including phenoxy) is 1. The van der Waals surface area contributed by atoms with E-state index in [1.807, 2.05) is 23.5 Å². The first-order valence-electron chi connectivity index (χ1n) is 5.94. The zero-order valence-electron chi connectivity index (χ0n) is 10.9. The Balaban J connectivity index is 2.10. The molecule has 0 radical (unpaired) electrons. The number of thiophene rings is 1. The summed E-state index contributed by atoms with van der Waals surface area (Å²) in [4.78, 5) is 2.64. The van der Waals surface area contributed by atoms with E-state index in [-0.39, 0.29) is 5.38 Å². The molecule has 2 aromatic rings. The van der Waals surface area contributed by atoms with Gasteiger partial charge >= 0.3 is 0 Å². The molecule has 1 atom stereocenters. The molecular weight excluding hydrogens is 264 g/mol. The molecule has 0 spiro atoms. The second kappa shape index (κ2) is 5.77. The molecule has 0 fully saturated rings. The molecule has 0 amide bonds. The molecule has 0 aliphatic heterocycles. The van der Waals surface area contributed by atoms with Crippen molar-refractivity contribution < 1.29 is 4.74 Å². The minimum absolute atomic E-state index is 0.0448. The molecule has 1 unspecified atom stereocenters. The Morgan fingerprint density at radius 2 is 1.89 bits per heavy atom. The van der Waals surface area contributed by atoms with Crippen molar-refractivity contribution >= 4 is 22.9 Å². The second-order valence-corrected chi connectivity index (χ2v) is 6.38. The van der Waals surface area contributed by atoms with Crippen LogP contribution in [0, 0.1) is 13.8 Å². The number of hydrogen-bond acceptors (Lipinski definition) is 2. The van der Waals surface area contributed by atoms with Crippen molar-refractivity contribution in [2.45, 2.75) is 25.6 Å². The van der Waals surface area contributed by atoms with Gasteiger partial charge < -0.3 is 4.74 Å². The summed E-state index contributed by atoms with van der Waals surface area (Å²) in [5.41, 5.74) is 2.49. The fraction of sp³-hybridized carbons (Fsp3) is 0.333. The summed E-state index contributed by atoms with van der Waals surface area (Å²) in [5.74, 6) is 0.882. The minimum Gasteiger partial charge on any atom is -0.497 e. The SMILES string of the molecule is COc1ccc(CC(Cl)c2cc(C)sc2C)cc1. The van der Waals surface area contributed by atoms with Crippen molar-refractivity contribution in [1.82, 2.24) is 0 Å². The van der Waals surface area contributed by atoms with Gasteiger partial charge in [0.1, 0.15) is 5.75 Å². The Labute approximate surface area is 117 Å². The fourth-order valence-electron chi connectivity index (χ4n) is 2.04. The Bertz CT molecular complexity index is 516. The number of benzene rings is 1. The van der Waals surface area contributed by atoms with Gasteiger partial charge in [0, 0.05) is 9.75 Å². The number of halogens is 1. The summed E-state index contributed by atoms with van der Waals surface area (Å²) in [6, 6.07) is 10.3. The summed E-state index contributed by atoms with van der Waals surface area (Å²) >= 11 is 8.32. The lowest BCUT2D eigenvalue weighted by Crippen LogP contribution is -1.96. The zero-order chi connectivity index (χ0) is 13.1. The molecule has 1 heterocycles. The highest BCUT2D eigenvalue weighted by atomic mass is 35.5. The van der Waals surface area contributed by atoms with Gasteiger partial charge in [-0.2, -0.15) is 0 Å². The van der Waals surface area contributed by atoms with Gasteiger partial charge in [0.15, 0.2) is 0 Å². The van der Waals surface area contributed by atoms with Gasteiger partial charge in [-0.15, -0.1) is 22.9 Å². The molecular formula is C15H17ClOS. The molecule has 1 aromatic heterocycles. The summed E-state index contributed by atoms with van der Waals surface area (Å²) in [6.45, 7) is 4.26. The first kappa shape index (κ1) is 13.4. The number of aryl methyl sites for hydroxylation is 2. The van der Waals surface area contributed by atoms with Crippen LogP contribution in [0.3, 0.4) is 0 Å². The Hall–Kier alpha value is -0.990. The van der Waals surface area contributed by atoms with E-state index in [9.17, 15) is 0 Å². The van der Waals surface area contributed by atoms with Crippen molar-refractivity contribution in [3.05, 3.63) is 51.2 Å². The van der Waals surface area contributed by atoms with Gasteiger partial charge in [-0.1, -0.05) is 12.1 Å². The average molecular weight is 281 g/mol. The van der Waals surface area contributed by atoms with Crippen molar-refractivity contribution in [3.8, 4) is 5.75 Å². The predicted octanol–water partition coefficient (Wildman–Crippen LogP) is 4.90. The molecule has 0 saturated heterocycles. The van der Waals surface area contributed by atoms with E-state index in [1.54, 1.807) is 7.11 Å². The van der Waals surface area contributed by atoms with Crippen LogP contribution < -0.4 is 4.74 Å². The lowest BCUT2D eigenvalue weighted by Gasteiger charge is -2.10. The van der Waals surface area contributed by atoms with E-state index >= 15 is 0 Å². The zero-order valence-corrected chi connectivity index (χ0v) is 12.4. The number of hydrogen-bond donors (Lipinski definition) is 0. The van der Waals surface area contributed by atoms with E-state index < -0.39 is 0 Å². The van der Waals surface area contributed by atoms with Crippen LogP contribution in [0.1, 0.15) is 26.3 Å². The molecule has 0 aliphatic rings. The largest absolute Gasteiger partial charge is 0.497 e. The normalized spacial score (nSPS) is 12.4. The maximum atomic E-state index is 6.51. The highest BCUT2D eigenvalue weighted by Crippen LogP contribution is 2.32. The van der Waals surface area contributed by atoms with E-state index in [0.29, 0.717) is 0 Å². The molecule has 0 bridgehead atoms. The van der Waals surface area contributed by atoms with Crippen LogP contribution in [0.25, 0.3) is 0 Å². The van der Waals surface area contributed by atoms with Gasteiger partial charge in [-0.3, -0.25) is 0 Å². The van der Waals surface area contributed by atoms with Crippen LogP contribution in [0.15, 0.2) is 30.3 Å². The van der Waals surface area contributed by atoms with Crippen LogP contribution >= 0.6 is 22.9 Å². The maximum absolute atomic E-state index is 6.51. The van der Waals surface area contributed by atoms with Gasteiger partial charge in [0.05, 0.1) is 12.5 Å². The molecule has 0 aliphatic carbocycles. The van der Waals surface area contributed by atoms with Gasteiger partial charge in [-0.05, 0) is 49.6 Å². The van der Waals surface area contributed by atoms with Crippen molar-refractivity contribution in [2.75, 3.05) is 7.11 Å². The van der Waals surface area contributed by atoms with Crippen LogP contribution in [0.2, 0.25) is 0 Å². The molecule has 1 aromatic carbocycles. The van der Waals surface area contributed by atoms with Gasteiger partial charge in [-0.25, -0.2) is 0 Å². The topological polar surface area (TPSA) is 9.23 Å². The molecule has 0 saturated carbocycles. The van der Waals surface area contributed by atoms with E-state index in [4.69, 9.17) is 16.3 Å². The standard InChI is InChI=1S/C15H17ClOS/c1-10-8-14(11(2)18-10)15(16)9-12-4-6-13(17-3)7-5-12/h4-8,15H,9H2,1-3H3. The lowest BCUT2D eigenvalue weighted by atomic mass is 10.0. The maximum Gasteiger partial charge on any atom is 0.118 e. The van der Waals surface area contributed by atoms with Crippen LogP contribution in [-0.4, -0.2) is 7.11 Å². The third kappa shape index (κ3) is 3.06. The minimum atomic E-state index is 0.0448. The summed E-state index contributed by atoms with van der Waals surface area (Å²) in [7, 11) is 1.68. The van der Waals surface area contributed by atoms with Gasteiger partial charge in [0.2, 0.25) is 0 Å². The molecule has 96 valence electrons. The first-order chi connectivity index (χ1) is 8.60. The number of methoxy groups -OCH3 is 1. The highest BCUT2D eigenvalue weighted by molar-refractivity contribution is 7.12. The quantitative estimate of drug-likeness (QED) is 0.724. The van der Waals surface area contributed by atoms with Gasteiger partial charge in [0.25, 0.3) is 0 Å². The van der Waals surface area contributed by atoms with Crippen LogP contribution in [-0.2, 0) is 6.42 Å². The average Bonchev–Trinajstić information content (AvgIpc) is 2.69. The summed E-state index contributed by atoms with van der Waals surface area (Å²) in [6.07, 6.45) is 0.850. The van der Waals surface area contributed by atoms with Crippen molar-refractivity contribution in [3.63, 3.8) is 0 Å². The van der Waals surface area contributed by atoms with Crippen LogP contribution in [0.5, 0.6) is 5.75 Å². The van der Waals surface area contributed by atoms with Crippen molar-refractivity contribution in [2.24, 2.45) is 0 Å². The molecule has 2 rings (SSSR count). The molecule has 0 N–H and O–H groups in total. The van der Waals surface area contributed by atoms with E-state index in [0.717, 1.165) is 12.2 Å². The Morgan fingerprint density at radius 1 is 1.22 bits per heavy atom.